The van der Waals surface area contributed by atoms with E-state index in [1.807, 2.05) is 42.2 Å². The predicted molar refractivity (Wildman–Crippen MR) is 121 cm³/mol. The first-order valence-corrected chi connectivity index (χ1v) is 10.7. The quantitative estimate of drug-likeness (QED) is 0.373. The van der Waals surface area contributed by atoms with Gasteiger partial charge in [0.05, 0.1) is 25.6 Å². The minimum absolute atomic E-state index is 0.366. The Labute approximate surface area is 179 Å². The van der Waals surface area contributed by atoms with Crippen molar-refractivity contribution < 1.29 is 9.47 Å². The molecule has 1 aromatic carbocycles. The van der Waals surface area contributed by atoms with E-state index in [2.05, 4.69) is 33.8 Å². The van der Waals surface area contributed by atoms with Gasteiger partial charge in [0.15, 0.2) is 5.96 Å². The molecule has 0 bridgehead atoms. The number of benzene rings is 1. The van der Waals surface area contributed by atoms with Gasteiger partial charge in [-0.1, -0.05) is 6.07 Å². The maximum absolute atomic E-state index is 5.80. The number of aliphatic imine (C=N–C) groups is 1. The number of guanidine groups is 1. The van der Waals surface area contributed by atoms with Gasteiger partial charge in [0.2, 0.25) is 0 Å². The van der Waals surface area contributed by atoms with Gasteiger partial charge >= 0.3 is 0 Å². The van der Waals surface area contributed by atoms with Crippen LogP contribution < -0.4 is 25.0 Å². The summed E-state index contributed by atoms with van der Waals surface area (Å²) in [5.74, 6) is 2.50. The Kier molecular flexibility index (Phi) is 8.23. The first kappa shape index (κ1) is 21.8. The number of aryl methyl sites for hydroxylation is 1. The summed E-state index contributed by atoms with van der Waals surface area (Å²) in [5.41, 5.74) is 1.18. The number of piperidine rings is 1. The van der Waals surface area contributed by atoms with Crippen molar-refractivity contribution in [1.82, 2.24) is 20.4 Å². The summed E-state index contributed by atoms with van der Waals surface area (Å²) in [4.78, 5) is 7.12. The molecule has 0 radical (unpaired) electrons. The van der Waals surface area contributed by atoms with E-state index in [1.54, 1.807) is 7.11 Å². The summed E-state index contributed by atoms with van der Waals surface area (Å²) >= 11 is 0. The molecule has 8 nitrogen and oxygen atoms in total. The molecule has 0 saturated carbocycles. The molecular weight excluding hydrogens is 380 g/mol. The van der Waals surface area contributed by atoms with Crippen molar-refractivity contribution in [2.24, 2.45) is 12.0 Å². The third-order valence-corrected chi connectivity index (χ3v) is 5.05. The van der Waals surface area contributed by atoms with Crippen molar-refractivity contribution in [3.05, 3.63) is 36.7 Å². The van der Waals surface area contributed by atoms with Crippen LogP contribution >= 0.6 is 0 Å². The lowest BCUT2D eigenvalue weighted by Crippen LogP contribution is -2.51. The number of nitrogens with one attached hydrogen (secondary N) is 2. The smallest absolute Gasteiger partial charge is 0.191 e. The molecule has 1 aromatic heterocycles. The Morgan fingerprint density at radius 1 is 1.33 bits per heavy atom. The van der Waals surface area contributed by atoms with Gasteiger partial charge < -0.3 is 25.0 Å². The highest BCUT2D eigenvalue weighted by Gasteiger charge is 2.21. The molecule has 3 rings (SSSR count). The number of hydrogen-bond acceptors (Lipinski definition) is 5. The van der Waals surface area contributed by atoms with Gasteiger partial charge in [0.25, 0.3) is 0 Å². The molecule has 2 heterocycles. The number of ether oxygens (including phenoxy) is 2. The van der Waals surface area contributed by atoms with Gasteiger partial charge in [-0.25, -0.2) is 0 Å². The average molecular weight is 415 g/mol. The molecule has 1 saturated heterocycles. The Hall–Kier alpha value is -2.90. The van der Waals surface area contributed by atoms with Crippen molar-refractivity contribution in [2.45, 2.75) is 32.2 Å². The first-order chi connectivity index (χ1) is 14.7. The van der Waals surface area contributed by atoms with E-state index in [-0.39, 0.29) is 0 Å². The lowest BCUT2D eigenvalue weighted by molar-refractivity contribution is 0.311. The molecule has 1 atom stereocenters. The molecule has 1 fully saturated rings. The highest BCUT2D eigenvalue weighted by atomic mass is 16.5. The molecule has 2 aromatic rings. The number of hydrogen-bond donors (Lipinski definition) is 2. The second-order valence-corrected chi connectivity index (χ2v) is 7.44. The molecule has 0 aliphatic carbocycles. The van der Waals surface area contributed by atoms with Crippen molar-refractivity contribution in [3.8, 4) is 11.5 Å². The van der Waals surface area contributed by atoms with E-state index < -0.39 is 0 Å². The Balaban J connectivity index is 1.45. The largest absolute Gasteiger partial charge is 0.497 e. The van der Waals surface area contributed by atoms with E-state index in [9.17, 15) is 0 Å². The van der Waals surface area contributed by atoms with Gasteiger partial charge in [-0.15, -0.1) is 0 Å². The molecule has 2 N–H and O–H groups in total. The van der Waals surface area contributed by atoms with E-state index in [1.165, 1.54) is 5.69 Å². The maximum atomic E-state index is 5.80. The van der Waals surface area contributed by atoms with Crippen LogP contribution in [0.2, 0.25) is 0 Å². The minimum Gasteiger partial charge on any atom is -0.497 e. The molecule has 0 spiro atoms. The van der Waals surface area contributed by atoms with Crippen LogP contribution in [0.1, 0.15) is 26.2 Å². The number of nitrogens with zero attached hydrogens (tertiary/aromatic N) is 4. The molecule has 30 heavy (non-hydrogen) atoms. The highest BCUT2D eigenvalue weighted by molar-refractivity contribution is 5.80. The van der Waals surface area contributed by atoms with Crippen molar-refractivity contribution in [3.63, 3.8) is 0 Å². The number of methoxy groups -OCH3 is 1. The van der Waals surface area contributed by atoms with Crippen molar-refractivity contribution >= 4 is 11.6 Å². The van der Waals surface area contributed by atoms with Crippen molar-refractivity contribution in [1.29, 1.82) is 0 Å². The SMILES string of the molecule is CCNC(=NCCCOc1cccc(OC)c1)NC1CCCN(c2cnn(C)c2)C1. The summed E-state index contributed by atoms with van der Waals surface area (Å²) in [6, 6.07) is 8.04. The van der Waals surface area contributed by atoms with Crippen LogP contribution in [0.4, 0.5) is 5.69 Å². The van der Waals surface area contributed by atoms with Gasteiger partial charge in [-0.3, -0.25) is 9.67 Å². The summed E-state index contributed by atoms with van der Waals surface area (Å²) in [6.07, 6.45) is 7.15. The fourth-order valence-corrected chi connectivity index (χ4v) is 3.55. The predicted octanol–water partition coefficient (Wildman–Crippen LogP) is 2.42. The zero-order valence-corrected chi connectivity index (χ0v) is 18.3. The van der Waals surface area contributed by atoms with Crippen LogP contribution in [0.5, 0.6) is 11.5 Å². The fourth-order valence-electron chi connectivity index (χ4n) is 3.55. The highest BCUT2D eigenvalue weighted by Crippen LogP contribution is 2.20. The molecular formula is C22H34N6O2. The van der Waals surface area contributed by atoms with E-state index in [0.29, 0.717) is 19.2 Å². The van der Waals surface area contributed by atoms with Crippen LogP contribution in [0.25, 0.3) is 0 Å². The number of anilines is 1. The monoisotopic (exact) mass is 414 g/mol. The first-order valence-electron chi connectivity index (χ1n) is 10.7. The third-order valence-electron chi connectivity index (χ3n) is 5.05. The van der Waals surface area contributed by atoms with Crippen LogP contribution in [-0.4, -0.2) is 61.7 Å². The van der Waals surface area contributed by atoms with Gasteiger partial charge in [-0.05, 0) is 31.9 Å². The van der Waals surface area contributed by atoms with Crippen LogP contribution in [0.3, 0.4) is 0 Å². The molecule has 0 amide bonds. The second-order valence-electron chi connectivity index (χ2n) is 7.44. The van der Waals surface area contributed by atoms with E-state index in [0.717, 1.165) is 56.4 Å². The van der Waals surface area contributed by atoms with Gasteiger partial charge in [0, 0.05) is 58.0 Å². The second kappa shape index (κ2) is 11.3. The average Bonchev–Trinajstić information content (AvgIpc) is 3.20. The molecule has 1 aliphatic rings. The topological polar surface area (TPSA) is 75.9 Å². The molecule has 1 aliphatic heterocycles. The standard InChI is InChI=1S/C22H34N6O2/c1-4-23-22(24-11-7-13-30-21-10-5-9-20(14-21)29-3)26-18-8-6-12-28(16-18)19-15-25-27(2)17-19/h5,9-10,14-15,17-18H,4,6-8,11-13,16H2,1-3H3,(H2,23,24,26). The number of aromatic nitrogens is 2. The molecule has 164 valence electrons. The normalized spacial score (nSPS) is 17.0. The molecule has 1 unspecified atom stereocenters. The Morgan fingerprint density at radius 3 is 2.97 bits per heavy atom. The maximum Gasteiger partial charge on any atom is 0.191 e. The van der Waals surface area contributed by atoms with E-state index in [4.69, 9.17) is 14.5 Å². The van der Waals surface area contributed by atoms with Gasteiger partial charge in [0.1, 0.15) is 11.5 Å². The number of rotatable bonds is 9. The van der Waals surface area contributed by atoms with Crippen LogP contribution in [-0.2, 0) is 7.05 Å². The van der Waals surface area contributed by atoms with Gasteiger partial charge in [-0.2, -0.15) is 5.10 Å². The molecule has 8 heteroatoms. The third kappa shape index (κ3) is 6.57. The van der Waals surface area contributed by atoms with Crippen LogP contribution in [0, 0.1) is 0 Å². The lowest BCUT2D eigenvalue weighted by atomic mass is 10.1. The Morgan fingerprint density at radius 2 is 2.20 bits per heavy atom. The minimum atomic E-state index is 0.366. The Bertz CT molecular complexity index is 806. The summed E-state index contributed by atoms with van der Waals surface area (Å²) in [5, 5.41) is 11.3. The summed E-state index contributed by atoms with van der Waals surface area (Å²) in [7, 11) is 3.61. The zero-order valence-electron chi connectivity index (χ0n) is 18.3. The van der Waals surface area contributed by atoms with E-state index >= 15 is 0 Å². The lowest BCUT2D eigenvalue weighted by Gasteiger charge is -2.34. The summed E-state index contributed by atoms with van der Waals surface area (Å²) in [6.45, 7) is 6.28. The van der Waals surface area contributed by atoms with Crippen LogP contribution in [0.15, 0.2) is 41.7 Å². The summed E-state index contributed by atoms with van der Waals surface area (Å²) < 4.78 is 12.9. The zero-order chi connectivity index (χ0) is 21.2. The van der Waals surface area contributed by atoms with Crippen molar-refractivity contribution in [2.75, 3.05) is 44.8 Å². The fraction of sp³-hybridized carbons (Fsp3) is 0.545.